The quantitative estimate of drug-likeness (QED) is 0.384. The first-order valence-electron chi connectivity index (χ1n) is 10.1. The van der Waals surface area contributed by atoms with Crippen molar-refractivity contribution in [1.82, 2.24) is 4.98 Å². The van der Waals surface area contributed by atoms with Crippen LogP contribution in [-0.2, 0) is 12.8 Å². The fourth-order valence-corrected chi connectivity index (χ4v) is 5.59. The van der Waals surface area contributed by atoms with Crippen molar-refractivity contribution in [2.75, 3.05) is 0 Å². The van der Waals surface area contributed by atoms with Crippen LogP contribution in [0.3, 0.4) is 0 Å². The molecule has 6 rings (SSSR count). The molecule has 0 amide bonds. The Kier molecular flexibility index (Phi) is 3.12. The summed E-state index contributed by atoms with van der Waals surface area (Å²) < 4.78 is 6.30. The number of hydrogen-bond acceptors (Lipinski definition) is 2. The van der Waals surface area contributed by atoms with Crippen molar-refractivity contribution >= 4 is 21.9 Å². The monoisotopic (exact) mass is 353 g/mol. The number of nitrogens with zero attached hydrogens (tertiary/aromatic N) is 1. The van der Waals surface area contributed by atoms with Crippen molar-refractivity contribution in [1.29, 1.82) is 0 Å². The number of benzene rings is 2. The van der Waals surface area contributed by atoms with Crippen molar-refractivity contribution in [2.24, 2.45) is 5.41 Å². The van der Waals surface area contributed by atoms with Crippen LogP contribution in [-0.4, -0.2) is 4.98 Å². The van der Waals surface area contributed by atoms with E-state index < -0.39 is 0 Å². The van der Waals surface area contributed by atoms with Crippen LogP contribution in [0.5, 0.6) is 0 Å². The third-order valence-electron chi connectivity index (χ3n) is 6.94. The minimum atomic E-state index is 0.493. The van der Waals surface area contributed by atoms with Gasteiger partial charge in [-0.3, -0.25) is 4.98 Å². The van der Waals surface area contributed by atoms with Crippen LogP contribution in [0.2, 0.25) is 0 Å². The van der Waals surface area contributed by atoms with E-state index in [-0.39, 0.29) is 0 Å². The molecule has 0 radical (unpaired) electrons. The Bertz CT molecular complexity index is 1190. The number of rotatable bonds is 1. The summed E-state index contributed by atoms with van der Waals surface area (Å²) in [6.07, 6.45) is 10.0. The highest BCUT2D eigenvalue weighted by Gasteiger charge is 2.41. The second kappa shape index (κ2) is 5.45. The van der Waals surface area contributed by atoms with Gasteiger partial charge in [0.25, 0.3) is 0 Å². The summed E-state index contributed by atoms with van der Waals surface area (Å²) in [5.74, 6) is 0. The number of aryl methyl sites for hydroxylation is 1. The molecular formula is C25H23NO. The zero-order valence-electron chi connectivity index (χ0n) is 15.7. The molecule has 0 unspecified atom stereocenters. The van der Waals surface area contributed by atoms with E-state index in [2.05, 4.69) is 49.5 Å². The summed E-state index contributed by atoms with van der Waals surface area (Å²) in [6, 6.07) is 14.8. The number of hydrogen-bond donors (Lipinski definition) is 0. The molecule has 4 aromatic rings. The SMILES string of the molecule is Cc1cnc(-c2cccc3c2oc2ccccc23)c2c1CC1(CCCC1)C2. The minimum absolute atomic E-state index is 0.493. The van der Waals surface area contributed by atoms with Crippen molar-refractivity contribution in [2.45, 2.75) is 45.4 Å². The molecule has 1 spiro atoms. The molecule has 0 atom stereocenters. The number of furan rings is 1. The van der Waals surface area contributed by atoms with Crippen LogP contribution in [0, 0.1) is 12.3 Å². The Labute approximate surface area is 159 Å². The van der Waals surface area contributed by atoms with Gasteiger partial charge in [0.15, 0.2) is 0 Å². The van der Waals surface area contributed by atoms with Crippen molar-refractivity contribution in [3.05, 3.63) is 65.4 Å². The molecule has 0 bridgehead atoms. The standard InChI is InChI=1S/C25H23NO/c1-16-15-26-23(21-14-25(13-20(16)21)11-4-5-12-25)19-9-6-8-18-17-7-2-3-10-22(17)27-24(18)19/h2-3,6-10,15H,4-5,11-14H2,1H3. The van der Waals surface area contributed by atoms with E-state index in [1.54, 1.807) is 5.56 Å². The van der Waals surface area contributed by atoms with Gasteiger partial charge < -0.3 is 4.42 Å². The maximum atomic E-state index is 6.30. The van der Waals surface area contributed by atoms with Crippen LogP contribution in [0.15, 0.2) is 53.1 Å². The van der Waals surface area contributed by atoms with Crippen molar-refractivity contribution < 1.29 is 4.42 Å². The lowest BCUT2D eigenvalue weighted by molar-refractivity contribution is 0.317. The van der Waals surface area contributed by atoms with E-state index >= 15 is 0 Å². The zero-order chi connectivity index (χ0) is 18.0. The highest BCUT2D eigenvalue weighted by molar-refractivity contribution is 6.09. The van der Waals surface area contributed by atoms with Gasteiger partial charge in [-0.1, -0.05) is 43.2 Å². The van der Waals surface area contributed by atoms with Crippen LogP contribution in [0.25, 0.3) is 33.2 Å². The molecule has 27 heavy (non-hydrogen) atoms. The fourth-order valence-electron chi connectivity index (χ4n) is 5.59. The highest BCUT2D eigenvalue weighted by Crippen LogP contribution is 2.51. The Morgan fingerprint density at radius 1 is 0.889 bits per heavy atom. The Morgan fingerprint density at radius 2 is 1.67 bits per heavy atom. The summed E-state index contributed by atoms with van der Waals surface area (Å²) in [7, 11) is 0. The van der Waals surface area contributed by atoms with Gasteiger partial charge in [0, 0.05) is 22.5 Å². The molecule has 0 saturated heterocycles. The van der Waals surface area contributed by atoms with E-state index in [0.717, 1.165) is 22.4 Å². The van der Waals surface area contributed by atoms with Gasteiger partial charge in [-0.05, 0) is 66.8 Å². The molecule has 1 fully saturated rings. The Morgan fingerprint density at radius 3 is 2.56 bits per heavy atom. The maximum Gasteiger partial charge on any atom is 0.144 e. The summed E-state index contributed by atoms with van der Waals surface area (Å²) in [5.41, 5.74) is 9.10. The maximum absolute atomic E-state index is 6.30. The number of para-hydroxylation sites is 2. The van der Waals surface area contributed by atoms with Gasteiger partial charge in [-0.25, -0.2) is 0 Å². The summed E-state index contributed by atoms with van der Waals surface area (Å²) in [6.45, 7) is 2.23. The molecule has 134 valence electrons. The number of aromatic nitrogens is 1. The number of fused-ring (bicyclic) bond motifs is 4. The van der Waals surface area contributed by atoms with E-state index in [0.29, 0.717) is 5.41 Å². The van der Waals surface area contributed by atoms with Gasteiger partial charge in [-0.2, -0.15) is 0 Å². The van der Waals surface area contributed by atoms with E-state index in [1.807, 2.05) is 6.07 Å². The van der Waals surface area contributed by atoms with Gasteiger partial charge in [0.2, 0.25) is 0 Å². The minimum Gasteiger partial charge on any atom is -0.455 e. The van der Waals surface area contributed by atoms with Gasteiger partial charge in [-0.15, -0.1) is 0 Å². The second-order valence-corrected chi connectivity index (χ2v) is 8.59. The van der Waals surface area contributed by atoms with Crippen LogP contribution >= 0.6 is 0 Å². The third-order valence-corrected chi connectivity index (χ3v) is 6.94. The molecule has 2 aliphatic carbocycles. The molecular weight excluding hydrogens is 330 g/mol. The Balaban J connectivity index is 1.60. The van der Waals surface area contributed by atoms with Crippen LogP contribution in [0.1, 0.15) is 42.4 Å². The third kappa shape index (κ3) is 2.16. The van der Waals surface area contributed by atoms with Crippen LogP contribution in [0.4, 0.5) is 0 Å². The van der Waals surface area contributed by atoms with Crippen LogP contribution < -0.4 is 0 Å². The topological polar surface area (TPSA) is 26.0 Å². The van der Waals surface area contributed by atoms with E-state index in [4.69, 9.17) is 9.40 Å². The van der Waals surface area contributed by atoms with Gasteiger partial charge >= 0.3 is 0 Å². The average Bonchev–Trinajstić information content (AvgIpc) is 3.40. The van der Waals surface area contributed by atoms with E-state index in [1.165, 1.54) is 60.4 Å². The predicted molar refractivity (Wildman–Crippen MR) is 110 cm³/mol. The predicted octanol–water partition coefficient (Wildman–Crippen LogP) is 6.62. The lowest BCUT2D eigenvalue weighted by Crippen LogP contribution is -2.15. The largest absolute Gasteiger partial charge is 0.455 e. The van der Waals surface area contributed by atoms with E-state index in [9.17, 15) is 0 Å². The summed E-state index contributed by atoms with van der Waals surface area (Å²) in [4.78, 5) is 4.94. The summed E-state index contributed by atoms with van der Waals surface area (Å²) >= 11 is 0. The fraction of sp³-hybridized carbons (Fsp3) is 0.320. The summed E-state index contributed by atoms with van der Waals surface area (Å²) in [5, 5.41) is 2.37. The van der Waals surface area contributed by atoms with Crippen molar-refractivity contribution in [3.63, 3.8) is 0 Å². The van der Waals surface area contributed by atoms with Gasteiger partial charge in [0.1, 0.15) is 11.2 Å². The first kappa shape index (κ1) is 15.4. The lowest BCUT2D eigenvalue weighted by Gasteiger charge is -2.21. The molecule has 2 heterocycles. The molecule has 2 aromatic carbocycles. The number of pyridine rings is 1. The lowest BCUT2D eigenvalue weighted by atomic mass is 9.83. The van der Waals surface area contributed by atoms with Gasteiger partial charge in [0.05, 0.1) is 5.69 Å². The molecule has 0 N–H and O–H groups in total. The molecule has 2 heteroatoms. The molecule has 2 nitrogen and oxygen atoms in total. The molecule has 2 aromatic heterocycles. The van der Waals surface area contributed by atoms with Crippen molar-refractivity contribution in [3.8, 4) is 11.3 Å². The highest BCUT2D eigenvalue weighted by atomic mass is 16.3. The smallest absolute Gasteiger partial charge is 0.144 e. The first-order chi connectivity index (χ1) is 13.2. The molecule has 2 aliphatic rings. The normalized spacial score (nSPS) is 18.0. The average molecular weight is 353 g/mol. The molecule has 1 saturated carbocycles. The molecule has 0 aliphatic heterocycles. The Hall–Kier alpha value is -2.61. The first-order valence-corrected chi connectivity index (χ1v) is 10.1. The second-order valence-electron chi connectivity index (χ2n) is 8.59. The zero-order valence-corrected chi connectivity index (χ0v) is 15.7.